The minimum Gasteiger partial charge on any atom is -0.394 e. The van der Waals surface area contributed by atoms with E-state index in [0.29, 0.717) is 12.8 Å². The zero-order chi connectivity index (χ0) is 54.7. The third-order valence-electron chi connectivity index (χ3n) is 15.6. The van der Waals surface area contributed by atoms with Crippen molar-refractivity contribution in [1.82, 2.24) is 5.32 Å². The van der Waals surface area contributed by atoms with Crippen LogP contribution in [0.1, 0.15) is 322 Å². The van der Waals surface area contributed by atoms with Crippen molar-refractivity contribution in [3.8, 4) is 0 Å². The van der Waals surface area contributed by atoms with Crippen molar-refractivity contribution in [2.45, 2.75) is 365 Å². The van der Waals surface area contributed by atoms with Crippen LogP contribution in [0.25, 0.3) is 0 Å². The molecule has 446 valence electrons. The van der Waals surface area contributed by atoms with Gasteiger partial charge in [-0.25, -0.2) is 4.18 Å². The van der Waals surface area contributed by atoms with E-state index >= 15 is 0 Å². The lowest BCUT2D eigenvalue weighted by molar-refractivity contribution is -0.298. The highest BCUT2D eigenvalue weighted by Crippen LogP contribution is 2.26. The van der Waals surface area contributed by atoms with E-state index in [2.05, 4.69) is 35.5 Å². The lowest BCUT2D eigenvalue weighted by Gasteiger charge is -2.41. The molecule has 1 aliphatic rings. The average molecular weight is 1090 g/mol. The van der Waals surface area contributed by atoms with Gasteiger partial charge in [0, 0.05) is 6.42 Å². The van der Waals surface area contributed by atoms with E-state index in [1.165, 1.54) is 244 Å². The van der Waals surface area contributed by atoms with Gasteiger partial charge in [-0.15, -0.1) is 0 Å². The van der Waals surface area contributed by atoms with Gasteiger partial charge >= 0.3 is 10.4 Å². The van der Waals surface area contributed by atoms with Crippen molar-refractivity contribution in [2.75, 3.05) is 13.2 Å². The Bertz CT molecular complexity index is 1370. The second-order valence-corrected chi connectivity index (χ2v) is 23.8. The summed E-state index contributed by atoms with van der Waals surface area (Å²) in [7, 11) is -5.08. The maximum atomic E-state index is 13.2. The number of carbonyl (C=O) groups excluding carboxylic acids is 1. The summed E-state index contributed by atoms with van der Waals surface area (Å²) >= 11 is 0. The van der Waals surface area contributed by atoms with Crippen LogP contribution in [0.15, 0.2) is 12.2 Å². The molecule has 0 aromatic carbocycles. The Labute approximate surface area is 461 Å². The molecule has 0 spiro atoms. The van der Waals surface area contributed by atoms with Crippen molar-refractivity contribution in [2.24, 2.45) is 0 Å². The average Bonchev–Trinajstić information content (AvgIpc) is 3.39. The second kappa shape index (κ2) is 52.2. The molecule has 75 heavy (non-hydrogen) atoms. The molecule has 12 nitrogen and oxygen atoms in total. The van der Waals surface area contributed by atoms with E-state index in [0.717, 1.165) is 51.4 Å². The molecule has 1 aliphatic heterocycles. The van der Waals surface area contributed by atoms with Gasteiger partial charge in [-0.1, -0.05) is 289 Å². The number of unbranched alkanes of at least 4 members (excludes halogenated alkanes) is 43. The summed E-state index contributed by atoms with van der Waals surface area (Å²) in [5.41, 5.74) is 0. The molecule has 1 saturated heterocycles. The van der Waals surface area contributed by atoms with Crippen molar-refractivity contribution in [3.05, 3.63) is 12.2 Å². The fraction of sp³-hybridized carbons (Fsp3) is 0.952. The van der Waals surface area contributed by atoms with E-state index in [4.69, 9.17) is 9.47 Å². The van der Waals surface area contributed by atoms with Crippen LogP contribution < -0.4 is 5.32 Å². The second-order valence-electron chi connectivity index (χ2n) is 22.7. The number of carbonyl (C=O) groups is 1. The number of ether oxygens (including phenoxy) is 2. The van der Waals surface area contributed by atoms with Crippen LogP contribution in [0.2, 0.25) is 0 Å². The maximum absolute atomic E-state index is 13.2. The summed E-state index contributed by atoms with van der Waals surface area (Å²) < 4.78 is 48.0. The molecule has 1 amide bonds. The molecule has 0 aliphatic carbocycles. The Kier molecular flexibility index (Phi) is 50.0. The standard InChI is InChI=1S/C62H121NO11S/c1-3-5-7-9-11-13-15-17-19-21-23-25-26-27-28-29-30-31-32-34-36-38-40-42-44-46-48-50-52-58(66)63-55(54-72-62-60(68)61(74-75(69,70)71)59(67)57(53-64)73-62)56(65)51-49-47-45-43-41-39-37-35-33-24-22-20-18-16-14-12-10-8-6-4-2/h27-28,55-57,59-62,64-65,67-68H,3-26,29-54H2,1-2H3,(H,63,66)(H,69,70,71)/b28-27-. The van der Waals surface area contributed by atoms with Gasteiger partial charge < -0.3 is 35.2 Å². The van der Waals surface area contributed by atoms with Gasteiger partial charge in [-0.05, 0) is 38.5 Å². The predicted octanol–water partition coefficient (Wildman–Crippen LogP) is 15.8. The molecule has 1 heterocycles. The number of aliphatic hydroxyl groups is 4. The van der Waals surface area contributed by atoms with Gasteiger partial charge in [0.05, 0.1) is 25.4 Å². The van der Waals surface area contributed by atoms with Gasteiger partial charge in [0.2, 0.25) is 5.91 Å². The summed E-state index contributed by atoms with van der Waals surface area (Å²) in [5.74, 6) is -0.224. The number of nitrogens with one attached hydrogen (secondary N) is 1. The molecule has 1 fully saturated rings. The third kappa shape index (κ3) is 44.3. The van der Waals surface area contributed by atoms with E-state index in [9.17, 15) is 38.2 Å². The third-order valence-corrected chi connectivity index (χ3v) is 16.0. The number of hydrogen-bond acceptors (Lipinski definition) is 10. The van der Waals surface area contributed by atoms with E-state index in [1.807, 2.05) is 0 Å². The lowest BCUT2D eigenvalue weighted by Crippen LogP contribution is -2.61. The molecule has 0 aromatic heterocycles. The monoisotopic (exact) mass is 1090 g/mol. The summed E-state index contributed by atoms with van der Waals surface area (Å²) in [6.07, 6.45) is 55.1. The van der Waals surface area contributed by atoms with Crippen molar-refractivity contribution < 1.29 is 51.8 Å². The zero-order valence-corrected chi connectivity index (χ0v) is 49.5. The largest absolute Gasteiger partial charge is 0.397 e. The zero-order valence-electron chi connectivity index (χ0n) is 48.6. The van der Waals surface area contributed by atoms with Crippen LogP contribution in [-0.2, 0) is 28.9 Å². The Balaban J connectivity index is 2.28. The van der Waals surface area contributed by atoms with Crippen LogP contribution in [0.5, 0.6) is 0 Å². The first kappa shape index (κ1) is 71.9. The molecule has 7 unspecified atom stereocenters. The van der Waals surface area contributed by atoms with Gasteiger partial charge in [-0.3, -0.25) is 9.35 Å². The van der Waals surface area contributed by atoms with Crippen LogP contribution in [-0.4, -0.2) is 95.4 Å². The molecule has 1 rings (SSSR count). The molecule has 0 aromatic rings. The van der Waals surface area contributed by atoms with Gasteiger partial charge in [0.15, 0.2) is 6.29 Å². The number of amides is 1. The van der Waals surface area contributed by atoms with Crippen molar-refractivity contribution in [3.63, 3.8) is 0 Å². The smallest absolute Gasteiger partial charge is 0.394 e. The van der Waals surface area contributed by atoms with Gasteiger partial charge in [0.1, 0.15) is 24.4 Å². The molecule has 7 atom stereocenters. The molecule has 0 bridgehead atoms. The highest BCUT2D eigenvalue weighted by molar-refractivity contribution is 7.80. The van der Waals surface area contributed by atoms with Gasteiger partial charge in [-0.2, -0.15) is 8.42 Å². The van der Waals surface area contributed by atoms with Crippen LogP contribution >= 0.6 is 0 Å². The predicted molar refractivity (Wildman–Crippen MR) is 310 cm³/mol. The molecular weight excluding hydrogens is 967 g/mol. The number of rotatable bonds is 57. The fourth-order valence-corrected chi connectivity index (χ4v) is 11.1. The first-order valence-electron chi connectivity index (χ1n) is 32.1. The molecule has 0 saturated carbocycles. The van der Waals surface area contributed by atoms with Crippen molar-refractivity contribution in [1.29, 1.82) is 0 Å². The Hall–Kier alpha value is -1.16. The number of hydrogen-bond donors (Lipinski definition) is 6. The van der Waals surface area contributed by atoms with Crippen LogP contribution in [0.3, 0.4) is 0 Å². The minimum absolute atomic E-state index is 0.224. The first-order chi connectivity index (χ1) is 36.5. The quantitative estimate of drug-likeness (QED) is 0.0193. The maximum Gasteiger partial charge on any atom is 0.397 e. The Morgan fingerprint density at radius 3 is 1.20 bits per heavy atom. The highest BCUT2D eigenvalue weighted by atomic mass is 32.3. The summed E-state index contributed by atoms with van der Waals surface area (Å²) in [5, 5.41) is 45.2. The fourth-order valence-electron chi connectivity index (χ4n) is 10.6. The number of allylic oxidation sites excluding steroid dienone is 2. The Morgan fingerprint density at radius 1 is 0.520 bits per heavy atom. The molecular formula is C62H121NO11S. The summed E-state index contributed by atoms with van der Waals surface area (Å²) in [6, 6.07) is -0.857. The molecule has 6 N–H and O–H groups in total. The minimum atomic E-state index is -5.08. The van der Waals surface area contributed by atoms with Crippen LogP contribution in [0.4, 0.5) is 0 Å². The normalized spacial score (nSPS) is 19.1. The summed E-state index contributed by atoms with van der Waals surface area (Å²) in [6.45, 7) is 3.51. The molecule has 13 heteroatoms. The van der Waals surface area contributed by atoms with E-state index < -0.39 is 59.9 Å². The SMILES string of the molecule is CCCCCCCCCCCCCC/C=C\CCCCCCCCCCCCCCC(=O)NC(COC1OC(CO)C(O)C(OS(=O)(=O)O)C1O)C(O)CCCCCCCCCCCCCCCCCCCCCC. The van der Waals surface area contributed by atoms with E-state index in [1.54, 1.807) is 0 Å². The lowest BCUT2D eigenvalue weighted by atomic mass is 9.99. The van der Waals surface area contributed by atoms with Crippen LogP contribution in [0, 0.1) is 0 Å². The van der Waals surface area contributed by atoms with E-state index in [-0.39, 0.29) is 12.5 Å². The Morgan fingerprint density at radius 2 is 0.853 bits per heavy atom. The first-order valence-corrected chi connectivity index (χ1v) is 33.4. The topological polar surface area (TPSA) is 192 Å². The highest BCUT2D eigenvalue weighted by Gasteiger charge is 2.48. The van der Waals surface area contributed by atoms with Gasteiger partial charge in [0.25, 0.3) is 0 Å². The van der Waals surface area contributed by atoms with Crippen molar-refractivity contribution >= 4 is 16.3 Å². The number of aliphatic hydroxyl groups excluding tert-OH is 4. The molecule has 0 radical (unpaired) electrons. The summed E-state index contributed by atoms with van der Waals surface area (Å²) in [4.78, 5) is 13.2.